The van der Waals surface area contributed by atoms with Crippen molar-refractivity contribution in [2.45, 2.75) is 11.4 Å². The Balaban J connectivity index is 2.10. The molecule has 1 aliphatic rings. The molecule has 4 N–H and O–H groups in total. The Morgan fingerprint density at radius 3 is 2.95 bits per heavy atom. The van der Waals surface area contributed by atoms with Crippen LogP contribution >= 0.6 is 0 Å². The predicted molar refractivity (Wildman–Crippen MR) is 77.0 cm³/mol. The molecular weight excluding hydrogens is 294 g/mol. The van der Waals surface area contributed by atoms with E-state index in [-0.39, 0.29) is 23.4 Å². The molecule has 0 bridgehead atoms. The summed E-state index contributed by atoms with van der Waals surface area (Å²) in [6, 6.07) is 5.21. The molecule has 1 atom stereocenters. The second kappa shape index (κ2) is 5.26. The van der Waals surface area contributed by atoms with E-state index >= 15 is 0 Å². The number of imidazole rings is 1. The van der Waals surface area contributed by atoms with Gasteiger partial charge in [-0.05, 0) is 24.5 Å². The van der Waals surface area contributed by atoms with Crippen molar-refractivity contribution in [3.8, 4) is 0 Å². The van der Waals surface area contributed by atoms with Gasteiger partial charge in [-0.3, -0.25) is 4.40 Å². The zero-order valence-electron chi connectivity index (χ0n) is 11.3. The minimum atomic E-state index is -3.73. The summed E-state index contributed by atoms with van der Waals surface area (Å²) in [5.41, 5.74) is 2.85. The number of sulfonamides is 1. The van der Waals surface area contributed by atoms with Gasteiger partial charge in [0.1, 0.15) is 5.65 Å². The van der Waals surface area contributed by atoms with Gasteiger partial charge in [0.05, 0.1) is 0 Å². The predicted octanol–water partition coefficient (Wildman–Crippen LogP) is -0.377. The molecule has 9 heteroatoms. The summed E-state index contributed by atoms with van der Waals surface area (Å²) in [6.07, 6.45) is 2.29. The number of nitrogens with two attached hydrogens (primary N) is 1. The molecule has 1 unspecified atom stereocenters. The van der Waals surface area contributed by atoms with Gasteiger partial charge in [-0.15, -0.1) is 0 Å². The zero-order valence-corrected chi connectivity index (χ0v) is 12.1. The lowest BCUT2D eigenvalue weighted by molar-refractivity contribution is 0.233. The van der Waals surface area contributed by atoms with E-state index in [0.717, 1.165) is 0 Å². The lowest BCUT2D eigenvalue weighted by Gasteiger charge is -2.16. The minimum Gasteiger partial charge on any atom is -0.396 e. The highest BCUT2D eigenvalue weighted by Crippen LogP contribution is 2.29. The Morgan fingerprint density at radius 1 is 1.48 bits per heavy atom. The zero-order chi connectivity index (χ0) is 15.0. The topological polar surface area (TPSA) is 113 Å². The number of fused-ring (bicyclic) bond motifs is 1. The molecule has 1 fully saturated rings. The maximum Gasteiger partial charge on any atom is 0.262 e. The fourth-order valence-corrected chi connectivity index (χ4v) is 4.35. The molecule has 114 valence electrons. The maximum absolute atomic E-state index is 12.8. The Hall–Kier alpha value is -1.68. The van der Waals surface area contributed by atoms with Crippen LogP contribution in [0.25, 0.3) is 5.65 Å². The number of aliphatic hydroxyl groups is 1. The van der Waals surface area contributed by atoms with Crippen molar-refractivity contribution in [3.05, 3.63) is 24.4 Å². The molecule has 3 rings (SSSR count). The molecule has 0 aliphatic carbocycles. The standard InChI is InChI=1S/C12H17N5O3S/c13-15-11-12(17-5-2-1-3-10(17)14-11)21(19,20)16-6-4-9(7-16)8-18/h1-3,5,9,15,18H,4,6-8,13H2. The number of aliphatic hydroxyl groups excluding tert-OH is 1. The first-order valence-electron chi connectivity index (χ1n) is 6.62. The first-order valence-corrected chi connectivity index (χ1v) is 8.06. The van der Waals surface area contributed by atoms with Gasteiger partial charge < -0.3 is 10.5 Å². The number of hydrogen-bond donors (Lipinski definition) is 3. The van der Waals surface area contributed by atoms with Gasteiger partial charge in [-0.2, -0.15) is 4.31 Å². The molecule has 0 saturated carbocycles. The lowest BCUT2D eigenvalue weighted by Crippen LogP contribution is -2.31. The van der Waals surface area contributed by atoms with Gasteiger partial charge in [-0.25, -0.2) is 19.2 Å². The average Bonchev–Trinajstić information content (AvgIpc) is 3.11. The van der Waals surface area contributed by atoms with E-state index in [1.54, 1.807) is 24.4 Å². The SMILES string of the molecule is NNc1nc2ccccn2c1S(=O)(=O)N1CCC(CO)C1. The number of nitrogens with zero attached hydrogens (tertiary/aromatic N) is 3. The Kier molecular flexibility index (Phi) is 3.57. The van der Waals surface area contributed by atoms with Crippen LogP contribution in [0.15, 0.2) is 29.4 Å². The van der Waals surface area contributed by atoms with Crippen LogP contribution in [-0.4, -0.2) is 46.9 Å². The summed E-state index contributed by atoms with van der Waals surface area (Å²) in [5, 5.41) is 9.21. The van der Waals surface area contributed by atoms with Gasteiger partial charge in [0.15, 0.2) is 5.82 Å². The van der Waals surface area contributed by atoms with E-state index < -0.39 is 10.0 Å². The van der Waals surface area contributed by atoms with Crippen LogP contribution in [-0.2, 0) is 10.0 Å². The van der Waals surface area contributed by atoms with E-state index in [4.69, 9.17) is 5.84 Å². The van der Waals surface area contributed by atoms with Crippen LogP contribution in [0.2, 0.25) is 0 Å². The van der Waals surface area contributed by atoms with Crippen LogP contribution in [0.5, 0.6) is 0 Å². The van der Waals surface area contributed by atoms with Crippen LogP contribution in [0.3, 0.4) is 0 Å². The smallest absolute Gasteiger partial charge is 0.262 e. The summed E-state index contributed by atoms with van der Waals surface area (Å²) in [7, 11) is -3.73. The number of nitrogens with one attached hydrogen (secondary N) is 1. The minimum absolute atomic E-state index is 0.0127. The normalized spacial score (nSPS) is 20.2. The van der Waals surface area contributed by atoms with Crippen LogP contribution in [0.4, 0.5) is 5.82 Å². The monoisotopic (exact) mass is 311 g/mol. The number of hydrogen-bond acceptors (Lipinski definition) is 6. The van der Waals surface area contributed by atoms with Gasteiger partial charge >= 0.3 is 0 Å². The molecule has 0 amide bonds. The van der Waals surface area contributed by atoms with E-state index in [1.165, 1.54) is 8.71 Å². The van der Waals surface area contributed by atoms with Crippen molar-refractivity contribution in [1.82, 2.24) is 13.7 Å². The molecule has 0 radical (unpaired) electrons. The van der Waals surface area contributed by atoms with Crippen LogP contribution < -0.4 is 11.3 Å². The fraction of sp³-hybridized carbons (Fsp3) is 0.417. The van der Waals surface area contributed by atoms with Gasteiger partial charge in [0.25, 0.3) is 10.0 Å². The van der Waals surface area contributed by atoms with E-state index in [0.29, 0.717) is 25.2 Å². The molecule has 0 aromatic carbocycles. The first-order chi connectivity index (χ1) is 10.1. The molecule has 21 heavy (non-hydrogen) atoms. The molecule has 3 heterocycles. The van der Waals surface area contributed by atoms with Crippen molar-refractivity contribution in [1.29, 1.82) is 0 Å². The Morgan fingerprint density at radius 2 is 2.29 bits per heavy atom. The van der Waals surface area contributed by atoms with Gasteiger partial charge in [-0.1, -0.05) is 6.07 Å². The van der Waals surface area contributed by atoms with Gasteiger partial charge in [0.2, 0.25) is 5.03 Å². The number of nitrogen functional groups attached to an aromatic ring is 1. The largest absolute Gasteiger partial charge is 0.396 e. The third kappa shape index (κ3) is 2.27. The molecule has 8 nitrogen and oxygen atoms in total. The first kappa shape index (κ1) is 14.3. The summed E-state index contributed by atoms with van der Waals surface area (Å²) in [5.74, 6) is 5.51. The van der Waals surface area contributed by atoms with E-state index in [1.807, 2.05) is 0 Å². The fourth-order valence-electron chi connectivity index (χ4n) is 2.60. The summed E-state index contributed by atoms with van der Waals surface area (Å²) < 4.78 is 28.5. The molecule has 1 aliphatic heterocycles. The van der Waals surface area contributed by atoms with E-state index in [9.17, 15) is 13.5 Å². The molecule has 2 aromatic heterocycles. The third-order valence-corrected chi connectivity index (χ3v) is 5.60. The molecule has 1 saturated heterocycles. The molecule has 2 aromatic rings. The van der Waals surface area contributed by atoms with Crippen molar-refractivity contribution in [3.63, 3.8) is 0 Å². The van der Waals surface area contributed by atoms with Crippen molar-refractivity contribution in [2.24, 2.45) is 11.8 Å². The van der Waals surface area contributed by atoms with Crippen molar-refractivity contribution in [2.75, 3.05) is 25.1 Å². The maximum atomic E-state index is 12.8. The molecular formula is C12H17N5O3S. The van der Waals surface area contributed by atoms with Gasteiger partial charge in [0, 0.05) is 25.9 Å². The Bertz CT molecular complexity index is 757. The van der Waals surface area contributed by atoms with Crippen molar-refractivity contribution >= 4 is 21.5 Å². The second-order valence-electron chi connectivity index (χ2n) is 5.04. The van der Waals surface area contributed by atoms with Crippen LogP contribution in [0, 0.1) is 5.92 Å². The lowest BCUT2D eigenvalue weighted by atomic mass is 10.1. The number of hydrazine groups is 1. The number of pyridine rings is 1. The summed E-state index contributed by atoms with van der Waals surface area (Å²) in [4.78, 5) is 4.18. The highest BCUT2D eigenvalue weighted by Gasteiger charge is 2.36. The quantitative estimate of drug-likeness (QED) is 0.524. The Labute approximate surface area is 122 Å². The third-order valence-electron chi connectivity index (χ3n) is 3.71. The summed E-state index contributed by atoms with van der Waals surface area (Å²) >= 11 is 0. The van der Waals surface area contributed by atoms with E-state index in [2.05, 4.69) is 10.4 Å². The highest BCUT2D eigenvalue weighted by molar-refractivity contribution is 7.89. The number of aromatic nitrogens is 2. The van der Waals surface area contributed by atoms with Crippen LogP contribution in [0.1, 0.15) is 6.42 Å². The summed E-state index contributed by atoms with van der Waals surface area (Å²) in [6.45, 7) is 0.682. The molecule has 0 spiro atoms. The highest BCUT2D eigenvalue weighted by atomic mass is 32.2. The average molecular weight is 311 g/mol. The second-order valence-corrected chi connectivity index (χ2v) is 6.89. The number of anilines is 1. The number of rotatable bonds is 4. The van der Waals surface area contributed by atoms with Crippen molar-refractivity contribution < 1.29 is 13.5 Å².